The molecule has 98 valence electrons. The first kappa shape index (κ1) is 12.8. The second-order valence-corrected chi connectivity index (χ2v) is 4.08. The molecule has 2 N–H and O–H groups in total. The Morgan fingerprint density at radius 3 is 2.68 bits per heavy atom. The molecular weight excluding hydrogens is 244 g/mol. The third-order valence-electron chi connectivity index (χ3n) is 2.49. The Hall–Kier alpha value is -2.63. The van der Waals surface area contributed by atoms with Crippen molar-refractivity contribution in [2.75, 3.05) is 10.6 Å². The standard InChI is InChI=1S/C13H14N4O2/c1-9(18)15-11-5-3-4-10(8-11)12(19)16-13-14-6-7-17(13)2/h3-8H,1-2H3,(H,15,18)(H,14,16,19). The van der Waals surface area contributed by atoms with E-state index in [4.69, 9.17) is 0 Å². The molecule has 19 heavy (non-hydrogen) atoms. The number of benzene rings is 1. The molecule has 0 unspecified atom stereocenters. The third kappa shape index (κ3) is 3.19. The number of nitrogens with one attached hydrogen (secondary N) is 2. The highest BCUT2D eigenvalue weighted by Gasteiger charge is 2.09. The maximum absolute atomic E-state index is 12.0. The smallest absolute Gasteiger partial charge is 0.258 e. The van der Waals surface area contributed by atoms with Crippen molar-refractivity contribution in [2.45, 2.75) is 6.92 Å². The van der Waals surface area contributed by atoms with Crippen molar-refractivity contribution in [1.82, 2.24) is 9.55 Å². The molecule has 0 fully saturated rings. The Kier molecular flexibility index (Phi) is 3.61. The second-order valence-electron chi connectivity index (χ2n) is 4.08. The summed E-state index contributed by atoms with van der Waals surface area (Å²) < 4.78 is 1.70. The van der Waals surface area contributed by atoms with Gasteiger partial charge in [-0.2, -0.15) is 0 Å². The number of nitrogens with zero attached hydrogens (tertiary/aromatic N) is 2. The third-order valence-corrected chi connectivity index (χ3v) is 2.49. The lowest BCUT2D eigenvalue weighted by Crippen LogP contribution is -2.15. The number of aromatic nitrogens is 2. The van der Waals surface area contributed by atoms with Gasteiger partial charge in [-0.05, 0) is 18.2 Å². The van der Waals surface area contributed by atoms with E-state index >= 15 is 0 Å². The fraction of sp³-hybridized carbons (Fsp3) is 0.154. The fourth-order valence-electron chi connectivity index (χ4n) is 1.60. The van der Waals surface area contributed by atoms with Crippen LogP contribution in [0.15, 0.2) is 36.7 Å². The fourth-order valence-corrected chi connectivity index (χ4v) is 1.60. The molecule has 6 nitrogen and oxygen atoms in total. The van der Waals surface area contributed by atoms with Gasteiger partial charge >= 0.3 is 0 Å². The summed E-state index contributed by atoms with van der Waals surface area (Å²) in [6, 6.07) is 6.71. The van der Waals surface area contributed by atoms with Crippen molar-refractivity contribution in [3.8, 4) is 0 Å². The van der Waals surface area contributed by atoms with Gasteiger partial charge in [-0.15, -0.1) is 0 Å². The van der Waals surface area contributed by atoms with E-state index in [9.17, 15) is 9.59 Å². The predicted molar refractivity (Wildman–Crippen MR) is 71.9 cm³/mol. The molecular formula is C13H14N4O2. The highest BCUT2D eigenvalue weighted by molar-refractivity contribution is 6.04. The summed E-state index contributed by atoms with van der Waals surface area (Å²) in [4.78, 5) is 27.0. The second kappa shape index (κ2) is 5.34. The minimum absolute atomic E-state index is 0.179. The van der Waals surface area contributed by atoms with E-state index in [-0.39, 0.29) is 11.8 Å². The van der Waals surface area contributed by atoms with Gasteiger partial charge in [0.15, 0.2) is 0 Å². The number of rotatable bonds is 3. The number of aryl methyl sites for hydroxylation is 1. The molecule has 0 spiro atoms. The first-order valence-corrected chi connectivity index (χ1v) is 5.72. The molecule has 0 aliphatic heterocycles. The van der Waals surface area contributed by atoms with E-state index < -0.39 is 0 Å². The maximum Gasteiger partial charge on any atom is 0.258 e. The molecule has 2 amide bonds. The van der Waals surface area contributed by atoms with Crippen LogP contribution in [-0.2, 0) is 11.8 Å². The summed E-state index contributed by atoms with van der Waals surface area (Å²) in [6.07, 6.45) is 3.34. The van der Waals surface area contributed by atoms with Crippen molar-refractivity contribution in [3.05, 3.63) is 42.2 Å². The molecule has 1 heterocycles. The first-order valence-electron chi connectivity index (χ1n) is 5.72. The monoisotopic (exact) mass is 258 g/mol. The lowest BCUT2D eigenvalue weighted by atomic mass is 10.2. The highest BCUT2D eigenvalue weighted by atomic mass is 16.2. The zero-order chi connectivity index (χ0) is 13.8. The van der Waals surface area contributed by atoms with Gasteiger partial charge in [0.25, 0.3) is 5.91 Å². The van der Waals surface area contributed by atoms with Crippen molar-refractivity contribution >= 4 is 23.5 Å². The van der Waals surface area contributed by atoms with Crippen LogP contribution in [0.1, 0.15) is 17.3 Å². The molecule has 0 saturated carbocycles. The lowest BCUT2D eigenvalue weighted by Gasteiger charge is -2.07. The van der Waals surface area contributed by atoms with Gasteiger partial charge in [0.1, 0.15) is 0 Å². The van der Waals surface area contributed by atoms with Gasteiger partial charge in [-0.25, -0.2) is 4.98 Å². The average molecular weight is 258 g/mol. The molecule has 1 aromatic heterocycles. The summed E-state index contributed by atoms with van der Waals surface area (Å²) in [7, 11) is 1.79. The summed E-state index contributed by atoms with van der Waals surface area (Å²) >= 11 is 0. The quantitative estimate of drug-likeness (QED) is 0.878. The van der Waals surface area contributed by atoms with Crippen LogP contribution in [0.4, 0.5) is 11.6 Å². The Morgan fingerprint density at radius 2 is 2.05 bits per heavy atom. The van der Waals surface area contributed by atoms with Gasteiger partial charge in [0, 0.05) is 37.6 Å². The van der Waals surface area contributed by atoms with E-state index in [0.29, 0.717) is 17.2 Å². The molecule has 6 heteroatoms. The Morgan fingerprint density at radius 1 is 1.26 bits per heavy atom. The van der Waals surface area contributed by atoms with Crippen LogP contribution in [0.3, 0.4) is 0 Å². The van der Waals surface area contributed by atoms with E-state index in [1.807, 2.05) is 0 Å². The van der Waals surface area contributed by atoms with Crippen LogP contribution in [-0.4, -0.2) is 21.4 Å². The number of carbonyl (C=O) groups is 2. The topological polar surface area (TPSA) is 76.0 Å². The van der Waals surface area contributed by atoms with Crippen LogP contribution in [0.2, 0.25) is 0 Å². The molecule has 2 aromatic rings. The molecule has 0 radical (unpaired) electrons. The Balaban J connectivity index is 2.15. The van der Waals surface area contributed by atoms with Crippen LogP contribution in [0, 0.1) is 0 Å². The lowest BCUT2D eigenvalue weighted by molar-refractivity contribution is -0.114. The minimum atomic E-state index is -0.276. The number of anilines is 2. The maximum atomic E-state index is 12.0. The number of amides is 2. The molecule has 0 saturated heterocycles. The average Bonchev–Trinajstić information content (AvgIpc) is 2.74. The van der Waals surface area contributed by atoms with E-state index in [1.54, 1.807) is 48.3 Å². The van der Waals surface area contributed by atoms with Gasteiger partial charge in [0.2, 0.25) is 11.9 Å². The van der Waals surface area contributed by atoms with Crippen molar-refractivity contribution in [1.29, 1.82) is 0 Å². The zero-order valence-corrected chi connectivity index (χ0v) is 10.7. The highest BCUT2D eigenvalue weighted by Crippen LogP contribution is 2.12. The Bertz CT molecular complexity index is 619. The predicted octanol–water partition coefficient (Wildman–Crippen LogP) is 1.63. The SMILES string of the molecule is CC(=O)Nc1cccc(C(=O)Nc2nccn2C)c1. The Labute approximate surface area is 110 Å². The van der Waals surface area contributed by atoms with Gasteiger partial charge in [-0.3, -0.25) is 14.9 Å². The zero-order valence-electron chi connectivity index (χ0n) is 10.7. The van der Waals surface area contributed by atoms with E-state index in [2.05, 4.69) is 15.6 Å². The molecule has 1 aromatic carbocycles. The van der Waals surface area contributed by atoms with Crippen molar-refractivity contribution in [3.63, 3.8) is 0 Å². The van der Waals surface area contributed by atoms with Crippen LogP contribution in [0.25, 0.3) is 0 Å². The number of carbonyl (C=O) groups excluding carboxylic acids is 2. The number of hydrogen-bond acceptors (Lipinski definition) is 3. The summed E-state index contributed by atoms with van der Waals surface area (Å²) in [5.74, 6) is 0.0121. The van der Waals surface area contributed by atoms with Gasteiger partial charge in [-0.1, -0.05) is 6.07 Å². The normalized spacial score (nSPS) is 10.0. The molecule has 2 rings (SSSR count). The number of imidazole rings is 1. The summed E-state index contributed by atoms with van der Waals surface area (Å²) in [6.45, 7) is 1.42. The minimum Gasteiger partial charge on any atom is -0.326 e. The molecule has 0 bridgehead atoms. The summed E-state index contributed by atoms with van der Waals surface area (Å²) in [5, 5.41) is 5.32. The van der Waals surface area contributed by atoms with Crippen molar-refractivity contribution in [2.24, 2.45) is 7.05 Å². The van der Waals surface area contributed by atoms with E-state index in [1.165, 1.54) is 6.92 Å². The van der Waals surface area contributed by atoms with Crippen LogP contribution < -0.4 is 10.6 Å². The summed E-state index contributed by atoms with van der Waals surface area (Å²) in [5.41, 5.74) is 1.04. The van der Waals surface area contributed by atoms with Crippen LogP contribution >= 0.6 is 0 Å². The molecule has 0 aliphatic carbocycles. The first-order chi connectivity index (χ1) is 9.06. The molecule has 0 atom stereocenters. The largest absolute Gasteiger partial charge is 0.326 e. The van der Waals surface area contributed by atoms with Crippen LogP contribution in [0.5, 0.6) is 0 Å². The van der Waals surface area contributed by atoms with Gasteiger partial charge in [0.05, 0.1) is 0 Å². The van der Waals surface area contributed by atoms with Gasteiger partial charge < -0.3 is 9.88 Å². The van der Waals surface area contributed by atoms with Crippen molar-refractivity contribution < 1.29 is 9.59 Å². The van der Waals surface area contributed by atoms with E-state index in [0.717, 1.165) is 0 Å². The number of hydrogen-bond donors (Lipinski definition) is 2. The molecule has 0 aliphatic rings.